The number of benzene rings is 1. The molecule has 0 saturated heterocycles. The van der Waals surface area contributed by atoms with Gasteiger partial charge in [0.1, 0.15) is 16.3 Å². The fraction of sp³-hybridized carbons (Fsp3) is 0.370. The fourth-order valence-electron chi connectivity index (χ4n) is 3.87. The predicted molar refractivity (Wildman–Crippen MR) is 161 cm³/mol. The van der Waals surface area contributed by atoms with Gasteiger partial charge in [-0.3, -0.25) is 9.89 Å². The van der Waals surface area contributed by atoms with Crippen molar-refractivity contribution in [2.75, 3.05) is 57.0 Å². The molecule has 0 unspecified atom stereocenters. The third kappa shape index (κ3) is 10.7. The Bertz CT molecular complexity index is 1380. The number of amides is 2. The molecular weight excluding hydrogens is 571 g/mol. The zero-order valence-corrected chi connectivity index (χ0v) is 24.5. The molecule has 0 saturated carbocycles. The van der Waals surface area contributed by atoms with Gasteiger partial charge in [0.25, 0.3) is 0 Å². The van der Waals surface area contributed by atoms with Crippen LogP contribution in [0.4, 0.5) is 26.4 Å². The lowest BCUT2D eigenvalue weighted by molar-refractivity contribution is -0.116. The molecule has 220 valence electrons. The Morgan fingerprint density at radius 3 is 2.73 bits per heavy atom. The van der Waals surface area contributed by atoms with Gasteiger partial charge in [-0.1, -0.05) is 30.7 Å². The molecule has 0 spiro atoms. The van der Waals surface area contributed by atoms with E-state index in [2.05, 4.69) is 53.0 Å². The summed E-state index contributed by atoms with van der Waals surface area (Å²) in [4.78, 5) is 30.2. The van der Waals surface area contributed by atoms with E-state index in [1.807, 2.05) is 0 Å². The lowest BCUT2D eigenvalue weighted by Gasteiger charge is -2.21. The maximum absolute atomic E-state index is 14.4. The van der Waals surface area contributed by atoms with Crippen molar-refractivity contribution in [3.63, 3.8) is 0 Å². The number of nitrogens with one attached hydrogen (secondary N) is 5. The van der Waals surface area contributed by atoms with Gasteiger partial charge in [-0.15, -0.1) is 0 Å². The Balaban J connectivity index is 1.53. The average molecular weight is 605 g/mol. The van der Waals surface area contributed by atoms with Gasteiger partial charge in [0.15, 0.2) is 0 Å². The van der Waals surface area contributed by atoms with Crippen molar-refractivity contribution in [3.8, 4) is 11.3 Å². The molecule has 3 rings (SSSR count). The van der Waals surface area contributed by atoms with Crippen LogP contribution in [0.5, 0.6) is 0 Å². The minimum Gasteiger partial charge on any atom is -0.453 e. The number of hydrogen-bond donors (Lipinski definition) is 5. The quantitative estimate of drug-likeness (QED) is 0.123. The van der Waals surface area contributed by atoms with Crippen molar-refractivity contribution in [2.45, 2.75) is 19.8 Å². The van der Waals surface area contributed by atoms with Crippen molar-refractivity contribution < 1.29 is 18.7 Å². The van der Waals surface area contributed by atoms with E-state index in [0.29, 0.717) is 58.6 Å². The zero-order chi connectivity index (χ0) is 29.6. The standard InChI is InChI=1S/C27H34ClFN8O3S/c1-3-12-37(14-11-30-9-10-32-27(39)40-2)13-7-25(38)34-24-16-19(6-8-31-24)33-23-17-22(35-36-26(23)41)20-15-18(28)4-5-21(20)29/h4-6,8,15-17,30H,3,7,9-14H2,1-2H3,(H,32,39)(H,36,41)(H2,31,33,34,35,38). The molecular formula is C27H34ClFN8O3S. The lowest BCUT2D eigenvalue weighted by Crippen LogP contribution is -2.37. The first-order valence-corrected chi connectivity index (χ1v) is 13.9. The highest BCUT2D eigenvalue weighted by Gasteiger charge is 2.12. The smallest absolute Gasteiger partial charge is 0.406 e. The van der Waals surface area contributed by atoms with Crippen LogP contribution in [-0.4, -0.2) is 78.5 Å². The number of carbonyl (C=O) groups excluding carboxylic acids is 2. The average Bonchev–Trinajstić information content (AvgIpc) is 2.96. The molecule has 1 aromatic carbocycles. The van der Waals surface area contributed by atoms with Gasteiger partial charge in [-0.25, -0.2) is 14.2 Å². The first-order chi connectivity index (χ1) is 19.8. The lowest BCUT2D eigenvalue weighted by atomic mass is 10.1. The third-order valence-corrected chi connectivity index (χ3v) is 6.42. The number of aromatic amines is 1. The van der Waals surface area contributed by atoms with Gasteiger partial charge in [-0.05, 0) is 43.3 Å². The number of aromatic nitrogens is 3. The monoisotopic (exact) mass is 604 g/mol. The Hall–Kier alpha value is -3.65. The Morgan fingerprint density at radius 2 is 1.95 bits per heavy atom. The Labute approximate surface area is 248 Å². The number of rotatable bonds is 15. The van der Waals surface area contributed by atoms with Crippen LogP contribution in [-0.2, 0) is 9.53 Å². The highest BCUT2D eigenvalue weighted by atomic mass is 35.5. The molecule has 11 nitrogen and oxygen atoms in total. The highest BCUT2D eigenvalue weighted by Crippen LogP contribution is 2.27. The molecule has 5 N–H and O–H groups in total. The molecule has 0 radical (unpaired) electrons. The minimum atomic E-state index is -0.464. The van der Waals surface area contributed by atoms with E-state index >= 15 is 0 Å². The van der Waals surface area contributed by atoms with Crippen LogP contribution in [0.3, 0.4) is 0 Å². The van der Waals surface area contributed by atoms with E-state index in [4.69, 9.17) is 23.8 Å². The summed E-state index contributed by atoms with van der Waals surface area (Å²) in [5.41, 5.74) is 1.68. The van der Waals surface area contributed by atoms with Crippen molar-refractivity contribution in [2.24, 2.45) is 0 Å². The second kappa shape index (κ2) is 16.6. The van der Waals surface area contributed by atoms with Gasteiger partial charge in [0, 0.05) is 67.7 Å². The van der Waals surface area contributed by atoms with Gasteiger partial charge < -0.3 is 30.9 Å². The molecule has 0 fully saturated rings. The van der Waals surface area contributed by atoms with Gasteiger partial charge in [0.05, 0.1) is 18.5 Å². The van der Waals surface area contributed by atoms with Crippen LogP contribution in [0.25, 0.3) is 11.3 Å². The summed E-state index contributed by atoms with van der Waals surface area (Å²) < 4.78 is 19.2. The number of alkyl carbamates (subject to hydrolysis) is 1. The summed E-state index contributed by atoms with van der Waals surface area (Å²) in [6.45, 7) is 6.13. The molecule has 3 aromatic rings. The summed E-state index contributed by atoms with van der Waals surface area (Å²) in [6, 6.07) is 9.26. The van der Waals surface area contributed by atoms with Crippen molar-refractivity contribution in [1.29, 1.82) is 0 Å². The second-order valence-electron chi connectivity index (χ2n) is 8.98. The van der Waals surface area contributed by atoms with Gasteiger partial charge in [-0.2, -0.15) is 5.10 Å². The molecule has 0 aliphatic carbocycles. The number of nitrogens with zero attached hydrogens (tertiary/aromatic N) is 3. The van der Waals surface area contributed by atoms with E-state index in [-0.39, 0.29) is 11.5 Å². The van der Waals surface area contributed by atoms with Crippen molar-refractivity contribution in [1.82, 2.24) is 30.7 Å². The van der Waals surface area contributed by atoms with E-state index in [1.54, 1.807) is 24.4 Å². The first-order valence-electron chi connectivity index (χ1n) is 13.1. The topological polar surface area (TPSA) is 136 Å². The summed E-state index contributed by atoms with van der Waals surface area (Å²) in [6.07, 6.45) is 2.37. The number of carbonyl (C=O) groups is 2. The van der Waals surface area contributed by atoms with E-state index in [0.717, 1.165) is 26.1 Å². The molecule has 14 heteroatoms. The molecule has 2 heterocycles. The van der Waals surface area contributed by atoms with Crippen LogP contribution in [0.15, 0.2) is 42.6 Å². The third-order valence-electron chi connectivity index (χ3n) is 5.87. The van der Waals surface area contributed by atoms with Crippen LogP contribution in [0.1, 0.15) is 19.8 Å². The number of hydrogen-bond acceptors (Lipinski definition) is 9. The van der Waals surface area contributed by atoms with Crippen LogP contribution >= 0.6 is 23.8 Å². The number of halogens is 2. The predicted octanol–water partition coefficient (Wildman–Crippen LogP) is 4.72. The molecule has 41 heavy (non-hydrogen) atoms. The maximum atomic E-state index is 14.4. The zero-order valence-electron chi connectivity index (χ0n) is 22.9. The molecule has 0 aliphatic rings. The van der Waals surface area contributed by atoms with Crippen molar-refractivity contribution >= 4 is 53.0 Å². The number of methoxy groups -OCH3 is 1. The Morgan fingerprint density at radius 1 is 1.12 bits per heavy atom. The van der Waals surface area contributed by atoms with Crippen molar-refractivity contribution in [3.05, 3.63) is 58.1 Å². The summed E-state index contributed by atoms with van der Waals surface area (Å²) in [5.74, 6) is -0.244. The summed E-state index contributed by atoms with van der Waals surface area (Å²) >= 11 is 11.4. The summed E-state index contributed by atoms with van der Waals surface area (Å²) in [5, 5.41) is 19.1. The van der Waals surface area contributed by atoms with E-state index < -0.39 is 11.9 Å². The molecule has 0 atom stereocenters. The second-order valence-corrected chi connectivity index (χ2v) is 9.83. The molecule has 0 aliphatic heterocycles. The number of H-pyrrole nitrogens is 1. The van der Waals surface area contributed by atoms with Gasteiger partial charge >= 0.3 is 6.09 Å². The van der Waals surface area contributed by atoms with E-state index in [1.165, 1.54) is 25.3 Å². The molecule has 2 aromatic heterocycles. The highest BCUT2D eigenvalue weighted by molar-refractivity contribution is 7.71. The maximum Gasteiger partial charge on any atom is 0.406 e. The first kappa shape index (κ1) is 31.9. The van der Waals surface area contributed by atoms with Gasteiger partial charge in [0.2, 0.25) is 5.91 Å². The van der Waals surface area contributed by atoms with Crippen LogP contribution in [0.2, 0.25) is 5.02 Å². The van der Waals surface area contributed by atoms with Crippen LogP contribution < -0.4 is 21.3 Å². The normalized spacial score (nSPS) is 10.9. The van der Waals surface area contributed by atoms with E-state index in [9.17, 15) is 14.0 Å². The SMILES string of the molecule is CCCN(CCNCCNC(=O)OC)CCC(=O)Nc1cc(Nc2cc(-c3cc(Cl)ccc3F)n[nH]c2=S)ccn1. The Kier molecular flexibility index (Phi) is 12.9. The number of pyridine rings is 1. The minimum absolute atomic E-state index is 0.161. The summed E-state index contributed by atoms with van der Waals surface area (Å²) in [7, 11) is 1.33. The number of anilines is 3. The molecule has 0 bridgehead atoms. The fourth-order valence-corrected chi connectivity index (χ4v) is 4.19. The largest absolute Gasteiger partial charge is 0.453 e. The van der Waals surface area contributed by atoms with Crippen LogP contribution in [0, 0.1) is 10.5 Å². The number of ether oxygens (including phenoxy) is 1. The molecule has 2 amide bonds.